The Hall–Kier alpha value is -0.860. The summed E-state index contributed by atoms with van der Waals surface area (Å²) in [5.41, 5.74) is 4.23. The molecule has 0 aliphatic carbocycles. The van der Waals surface area contributed by atoms with Crippen molar-refractivity contribution in [3.8, 4) is 0 Å². The van der Waals surface area contributed by atoms with Gasteiger partial charge in [-0.3, -0.25) is 4.90 Å². The van der Waals surface area contributed by atoms with Gasteiger partial charge in [-0.15, -0.1) is 0 Å². The molecular formula is C14H22N2. The molecule has 0 spiro atoms. The van der Waals surface area contributed by atoms with Crippen LogP contribution in [-0.2, 0) is 6.54 Å². The molecule has 1 N–H and O–H groups in total. The normalized spacial score (nSPS) is 22.3. The van der Waals surface area contributed by atoms with E-state index >= 15 is 0 Å². The maximum Gasteiger partial charge on any atom is 0.0235 e. The molecule has 1 aliphatic heterocycles. The van der Waals surface area contributed by atoms with E-state index in [0.717, 1.165) is 26.2 Å². The van der Waals surface area contributed by atoms with Crippen molar-refractivity contribution in [2.24, 2.45) is 0 Å². The Kier molecular flexibility index (Phi) is 3.62. The number of piperazine rings is 1. The van der Waals surface area contributed by atoms with Crippen molar-refractivity contribution in [2.75, 3.05) is 19.6 Å². The molecule has 1 aromatic rings. The second-order valence-electron chi connectivity index (χ2n) is 5.01. The van der Waals surface area contributed by atoms with Crippen molar-refractivity contribution in [3.63, 3.8) is 0 Å². The fourth-order valence-corrected chi connectivity index (χ4v) is 2.32. The molecule has 0 radical (unpaired) electrons. The third-order valence-electron chi connectivity index (χ3n) is 3.43. The van der Waals surface area contributed by atoms with E-state index in [2.05, 4.69) is 49.2 Å². The molecule has 1 heterocycles. The van der Waals surface area contributed by atoms with Crippen LogP contribution in [-0.4, -0.2) is 30.6 Å². The molecule has 2 nitrogen and oxygen atoms in total. The number of nitrogens with one attached hydrogen (secondary N) is 1. The lowest BCUT2D eigenvalue weighted by atomic mass is 10.1. The summed E-state index contributed by atoms with van der Waals surface area (Å²) in [7, 11) is 0. The highest BCUT2D eigenvalue weighted by atomic mass is 15.2. The topological polar surface area (TPSA) is 15.3 Å². The highest BCUT2D eigenvalue weighted by molar-refractivity contribution is 5.29. The Bertz CT molecular complexity index is 360. The Morgan fingerprint density at radius 1 is 1.31 bits per heavy atom. The molecule has 1 aromatic carbocycles. The average molecular weight is 218 g/mol. The summed E-state index contributed by atoms with van der Waals surface area (Å²) in [6.07, 6.45) is 0. The van der Waals surface area contributed by atoms with Gasteiger partial charge in [0.1, 0.15) is 0 Å². The van der Waals surface area contributed by atoms with Crippen LogP contribution in [0.15, 0.2) is 18.2 Å². The SMILES string of the molecule is Cc1ccc(CN2CCN[C@H](C)C2)cc1C. The monoisotopic (exact) mass is 218 g/mol. The van der Waals surface area contributed by atoms with E-state index < -0.39 is 0 Å². The summed E-state index contributed by atoms with van der Waals surface area (Å²) >= 11 is 0. The predicted molar refractivity (Wildman–Crippen MR) is 68.7 cm³/mol. The zero-order valence-corrected chi connectivity index (χ0v) is 10.6. The Morgan fingerprint density at radius 3 is 2.81 bits per heavy atom. The van der Waals surface area contributed by atoms with Gasteiger partial charge in [0.25, 0.3) is 0 Å². The molecule has 88 valence electrons. The first kappa shape index (κ1) is 11.6. The van der Waals surface area contributed by atoms with E-state index in [1.54, 1.807) is 0 Å². The molecular weight excluding hydrogens is 196 g/mol. The summed E-state index contributed by atoms with van der Waals surface area (Å²) < 4.78 is 0. The molecule has 0 unspecified atom stereocenters. The molecule has 2 rings (SSSR count). The fourth-order valence-electron chi connectivity index (χ4n) is 2.32. The van der Waals surface area contributed by atoms with Gasteiger partial charge in [0.15, 0.2) is 0 Å². The van der Waals surface area contributed by atoms with E-state index in [9.17, 15) is 0 Å². The molecule has 1 atom stereocenters. The van der Waals surface area contributed by atoms with Gasteiger partial charge in [0.2, 0.25) is 0 Å². The number of nitrogens with zero attached hydrogens (tertiary/aromatic N) is 1. The first-order valence-corrected chi connectivity index (χ1v) is 6.17. The van der Waals surface area contributed by atoms with Crippen LogP contribution in [0.5, 0.6) is 0 Å². The molecule has 1 aliphatic rings. The smallest absolute Gasteiger partial charge is 0.0235 e. The Balaban J connectivity index is 2.00. The molecule has 1 fully saturated rings. The average Bonchev–Trinajstić information content (AvgIpc) is 2.24. The second-order valence-corrected chi connectivity index (χ2v) is 5.01. The summed E-state index contributed by atoms with van der Waals surface area (Å²) in [6, 6.07) is 7.44. The van der Waals surface area contributed by atoms with E-state index in [4.69, 9.17) is 0 Å². The van der Waals surface area contributed by atoms with Crippen molar-refractivity contribution in [1.82, 2.24) is 10.2 Å². The van der Waals surface area contributed by atoms with Crippen LogP contribution in [0.3, 0.4) is 0 Å². The van der Waals surface area contributed by atoms with Gasteiger partial charge in [-0.2, -0.15) is 0 Å². The van der Waals surface area contributed by atoms with E-state index in [-0.39, 0.29) is 0 Å². The van der Waals surface area contributed by atoms with Crippen molar-refractivity contribution in [1.29, 1.82) is 0 Å². The van der Waals surface area contributed by atoms with Gasteiger partial charge in [-0.05, 0) is 37.5 Å². The third kappa shape index (κ3) is 2.83. The largest absolute Gasteiger partial charge is 0.312 e. The minimum atomic E-state index is 0.625. The van der Waals surface area contributed by atoms with Crippen molar-refractivity contribution in [2.45, 2.75) is 33.4 Å². The Morgan fingerprint density at radius 2 is 2.12 bits per heavy atom. The van der Waals surface area contributed by atoms with Gasteiger partial charge in [-0.1, -0.05) is 18.2 Å². The molecule has 0 aromatic heterocycles. The molecule has 0 saturated carbocycles. The van der Waals surface area contributed by atoms with Crippen LogP contribution in [0.1, 0.15) is 23.6 Å². The standard InChI is InChI=1S/C14H22N2/c1-11-4-5-14(8-12(11)2)10-16-7-6-15-13(3)9-16/h4-5,8,13,15H,6-7,9-10H2,1-3H3/t13-/m1/s1. The van der Waals surface area contributed by atoms with Crippen molar-refractivity contribution in [3.05, 3.63) is 34.9 Å². The number of hydrogen-bond donors (Lipinski definition) is 1. The Labute approximate surface area is 98.7 Å². The van der Waals surface area contributed by atoms with Crippen LogP contribution < -0.4 is 5.32 Å². The van der Waals surface area contributed by atoms with Gasteiger partial charge in [0, 0.05) is 32.2 Å². The number of rotatable bonds is 2. The van der Waals surface area contributed by atoms with E-state index in [1.165, 1.54) is 16.7 Å². The lowest BCUT2D eigenvalue weighted by Crippen LogP contribution is -2.48. The third-order valence-corrected chi connectivity index (χ3v) is 3.43. The van der Waals surface area contributed by atoms with Crippen LogP contribution in [0, 0.1) is 13.8 Å². The molecule has 16 heavy (non-hydrogen) atoms. The molecule has 0 bridgehead atoms. The van der Waals surface area contributed by atoms with E-state index in [1.807, 2.05) is 0 Å². The quantitative estimate of drug-likeness (QED) is 0.818. The molecule has 2 heteroatoms. The van der Waals surface area contributed by atoms with Crippen LogP contribution in [0.25, 0.3) is 0 Å². The lowest BCUT2D eigenvalue weighted by Gasteiger charge is -2.31. The summed E-state index contributed by atoms with van der Waals surface area (Å²) in [4.78, 5) is 2.53. The zero-order chi connectivity index (χ0) is 11.5. The number of hydrogen-bond acceptors (Lipinski definition) is 2. The van der Waals surface area contributed by atoms with Crippen LogP contribution in [0.4, 0.5) is 0 Å². The highest BCUT2D eigenvalue weighted by Gasteiger charge is 2.15. The van der Waals surface area contributed by atoms with E-state index in [0.29, 0.717) is 6.04 Å². The van der Waals surface area contributed by atoms with Crippen LogP contribution >= 0.6 is 0 Å². The highest BCUT2D eigenvalue weighted by Crippen LogP contribution is 2.12. The maximum atomic E-state index is 3.48. The molecule has 1 saturated heterocycles. The van der Waals surface area contributed by atoms with Gasteiger partial charge in [0.05, 0.1) is 0 Å². The van der Waals surface area contributed by atoms with Gasteiger partial charge in [-0.25, -0.2) is 0 Å². The minimum Gasteiger partial charge on any atom is -0.312 e. The minimum absolute atomic E-state index is 0.625. The predicted octanol–water partition coefficient (Wildman–Crippen LogP) is 2.10. The zero-order valence-electron chi connectivity index (χ0n) is 10.6. The van der Waals surface area contributed by atoms with Crippen molar-refractivity contribution >= 4 is 0 Å². The maximum absolute atomic E-state index is 3.48. The number of aryl methyl sites for hydroxylation is 2. The van der Waals surface area contributed by atoms with Crippen molar-refractivity contribution < 1.29 is 0 Å². The summed E-state index contributed by atoms with van der Waals surface area (Å²) in [5, 5.41) is 3.48. The number of benzene rings is 1. The second kappa shape index (κ2) is 4.98. The first-order chi connectivity index (χ1) is 7.65. The lowest BCUT2D eigenvalue weighted by molar-refractivity contribution is 0.199. The summed E-state index contributed by atoms with van der Waals surface area (Å²) in [5.74, 6) is 0. The van der Waals surface area contributed by atoms with Gasteiger partial charge >= 0.3 is 0 Å². The fraction of sp³-hybridized carbons (Fsp3) is 0.571. The van der Waals surface area contributed by atoms with Gasteiger partial charge < -0.3 is 5.32 Å². The summed E-state index contributed by atoms with van der Waals surface area (Å²) in [6.45, 7) is 11.2. The molecule has 0 amide bonds. The van der Waals surface area contributed by atoms with Crippen LogP contribution in [0.2, 0.25) is 0 Å². The first-order valence-electron chi connectivity index (χ1n) is 6.17.